The van der Waals surface area contributed by atoms with E-state index < -0.39 is 30.2 Å². The van der Waals surface area contributed by atoms with Crippen molar-refractivity contribution >= 4 is 29.6 Å². The third kappa shape index (κ3) is 4.67. The zero-order valence-electron chi connectivity index (χ0n) is 10.9. The standard InChI is InChI=1S/C11H15N3O6/c1-2-7(15)12-5-8(16)13-6-11(19)20-14-9(17)3-4-10(14)18/h2-6H2,1H3,(H,12,15)(H,13,16). The van der Waals surface area contributed by atoms with Gasteiger partial charge in [-0.3, -0.25) is 19.2 Å². The minimum Gasteiger partial charge on any atom is -0.347 e. The molecule has 1 aliphatic heterocycles. The van der Waals surface area contributed by atoms with Crippen LogP contribution in [0.15, 0.2) is 0 Å². The normalized spacial score (nSPS) is 14.2. The van der Waals surface area contributed by atoms with Crippen molar-refractivity contribution in [3.63, 3.8) is 0 Å². The molecule has 20 heavy (non-hydrogen) atoms. The summed E-state index contributed by atoms with van der Waals surface area (Å²) in [6, 6.07) is 0. The van der Waals surface area contributed by atoms with Gasteiger partial charge >= 0.3 is 5.97 Å². The van der Waals surface area contributed by atoms with E-state index in [9.17, 15) is 24.0 Å². The van der Waals surface area contributed by atoms with Gasteiger partial charge in [0.15, 0.2) is 0 Å². The summed E-state index contributed by atoms with van der Waals surface area (Å²) >= 11 is 0. The number of nitrogens with one attached hydrogen (secondary N) is 2. The molecule has 1 saturated heterocycles. The second-order valence-corrected chi connectivity index (χ2v) is 3.95. The molecule has 0 aromatic heterocycles. The summed E-state index contributed by atoms with van der Waals surface area (Å²) in [6.07, 6.45) is 0.248. The first kappa shape index (κ1) is 15.6. The lowest BCUT2D eigenvalue weighted by Gasteiger charge is -2.12. The van der Waals surface area contributed by atoms with Gasteiger partial charge in [0.1, 0.15) is 6.54 Å². The van der Waals surface area contributed by atoms with E-state index in [-0.39, 0.29) is 31.7 Å². The first-order valence-electron chi connectivity index (χ1n) is 6.04. The number of carbonyl (C=O) groups excluding carboxylic acids is 5. The molecular weight excluding hydrogens is 270 g/mol. The van der Waals surface area contributed by atoms with E-state index in [0.29, 0.717) is 5.06 Å². The fourth-order valence-electron chi connectivity index (χ4n) is 1.33. The predicted molar refractivity (Wildman–Crippen MR) is 63.5 cm³/mol. The maximum atomic E-state index is 11.3. The van der Waals surface area contributed by atoms with Crippen molar-refractivity contribution in [3.8, 4) is 0 Å². The van der Waals surface area contributed by atoms with E-state index in [1.54, 1.807) is 6.92 Å². The molecule has 0 saturated carbocycles. The Morgan fingerprint density at radius 3 is 2.15 bits per heavy atom. The SMILES string of the molecule is CCC(=O)NCC(=O)NCC(=O)ON1C(=O)CCC1=O. The van der Waals surface area contributed by atoms with Crippen LogP contribution in [0.25, 0.3) is 0 Å². The van der Waals surface area contributed by atoms with E-state index >= 15 is 0 Å². The van der Waals surface area contributed by atoms with Gasteiger partial charge in [-0.15, -0.1) is 5.06 Å². The van der Waals surface area contributed by atoms with Gasteiger partial charge in [-0.05, 0) is 0 Å². The molecule has 9 heteroatoms. The summed E-state index contributed by atoms with van der Waals surface area (Å²) in [6.45, 7) is 0.869. The van der Waals surface area contributed by atoms with Crippen LogP contribution in [0.4, 0.5) is 0 Å². The summed E-state index contributed by atoms with van der Waals surface area (Å²) in [5.41, 5.74) is 0. The maximum Gasteiger partial charge on any atom is 0.352 e. The highest BCUT2D eigenvalue weighted by molar-refractivity contribution is 6.01. The van der Waals surface area contributed by atoms with Crippen molar-refractivity contribution < 1.29 is 28.8 Å². The second-order valence-electron chi connectivity index (χ2n) is 3.95. The summed E-state index contributed by atoms with van der Waals surface area (Å²) in [5.74, 6) is -3.00. The average Bonchev–Trinajstić information content (AvgIpc) is 2.74. The van der Waals surface area contributed by atoms with Crippen molar-refractivity contribution in [2.24, 2.45) is 0 Å². The Kier molecular flexibility index (Phi) is 5.63. The van der Waals surface area contributed by atoms with Crippen LogP contribution in [0.2, 0.25) is 0 Å². The van der Waals surface area contributed by atoms with Crippen molar-refractivity contribution in [1.82, 2.24) is 15.7 Å². The van der Waals surface area contributed by atoms with Gasteiger partial charge in [0.05, 0.1) is 6.54 Å². The van der Waals surface area contributed by atoms with Crippen LogP contribution < -0.4 is 10.6 Å². The minimum atomic E-state index is -0.941. The first-order valence-corrected chi connectivity index (χ1v) is 6.04. The highest BCUT2D eigenvalue weighted by Gasteiger charge is 2.32. The molecule has 110 valence electrons. The first-order chi connectivity index (χ1) is 9.43. The van der Waals surface area contributed by atoms with Crippen molar-refractivity contribution in [1.29, 1.82) is 0 Å². The van der Waals surface area contributed by atoms with Crippen molar-refractivity contribution in [3.05, 3.63) is 0 Å². The summed E-state index contributed by atoms with van der Waals surface area (Å²) < 4.78 is 0. The largest absolute Gasteiger partial charge is 0.352 e. The van der Waals surface area contributed by atoms with E-state index in [0.717, 1.165) is 0 Å². The highest BCUT2D eigenvalue weighted by Crippen LogP contribution is 2.11. The van der Waals surface area contributed by atoms with E-state index in [1.807, 2.05) is 0 Å². The Labute approximate surface area is 114 Å². The Hall–Kier alpha value is -2.45. The Morgan fingerprint density at radius 2 is 1.60 bits per heavy atom. The lowest BCUT2D eigenvalue weighted by atomic mass is 10.4. The molecule has 1 rings (SSSR count). The Bertz CT molecular complexity index is 431. The van der Waals surface area contributed by atoms with Gasteiger partial charge < -0.3 is 15.5 Å². The number of carbonyl (C=O) groups is 5. The molecule has 0 atom stereocenters. The van der Waals surface area contributed by atoms with E-state index in [2.05, 4.69) is 15.5 Å². The topological polar surface area (TPSA) is 122 Å². The van der Waals surface area contributed by atoms with Gasteiger partial charge in [0.25, 0.3) is 11.8 Å². The lowest BCUT2D eigenvalue weighted by Crippen LogP contribution is -2.41. The molecule has 2 N–H and O–H groups in total. The van der Waals surface area contributed by atoms with Crippen molar-refractivity contribution in [2.75, 3.05) is 13.1 Å². The van der Waals surface area contributed by atoms with Gasteiger partial charge in [-0.2, -0.15) is 0 Å². The molecule has 0 aromatic rings. The molecule has 4 amide bonds. The van der Waals surface area contributed by atoms with Gasteiger partial charge in [-0.1, -0.05) is 6.92 Å². The van der Waals surface area contributed by atoms with Gasteiger partial charge in [0, 0.05) is 19.3 Å². The Morgan fingerprint density at radius 1 is 1.05 bits per heavy atom. The smallest absolute Gasteiger partial charge is 0.347 e. The summed E-state index contributed by atoms with van der Waals surface area (Å²) in [4.78, 5) is 60.3. The predicted octanol–water partition coefficient (Wildman–Crippen LogP) is -1.76. The van der Waals surface area contributed by atoms with Crippen LogP contribution in [0.5, 0.6) is 0 Å². The second kappa shape index (κ2) is 7.22. The quantitative estimate of drug-likeness (QED) is 0.557. The van der Waals surface area contributed by atoms with Crippen molar-refractivity contribution in [2.45, 2.75) is 26.2 Å². The zero-order chi connectivity index (χ0) is 15.1. The molecule has 1 heterocycles. The molecule has 1 aliphatic rings. The van der Waals surface area contributed by atoms with Crippen LogP contribution in [-0.2, 0) is 28.8 Å². The number of amides is 4. The number of hydrogen-bond acceptors (Lipinski definition) is 6. The molecule has 1 fully saturated rings. The minimum absolute atomic E-state index is 0.00151. The van der Waals surface area contributed by atoms with Crippen LogP contribution in [-0.4, -0.2) is 47.8 Å². The third-order valence-electron chi connectivity index (χ3n) is 2.40. The molecule has 0 bridgehead atoms. The lowest BCUT2D eigenvalue weighted by molar-refractivity contribution is -0.196. The maximum absolute atomic E-state index is 11.3. The number of hydroxylamine groups is 2. The number of rotatable bonds is 6. The molecule has 0 unspecified atom stereocenters. The molecular formula is C11H15N3O6. The van der Waals surface area contributed by atoms with Gasteiger partial charge in [0.2, 0.25) is 11.8 Å². The number of hydrogen-bond donors (Lipinski definition) is 2. The van der Waals surface area contributed by atoms with Crippen LogP contribution >= 0.6 is 0 Å². The summed E-state index contributed by atoms with van der Waals surface area (Å²) in [5, 5.41) is 4.91. The fourth-order valence-corrected chi connectivity index (χ4v) is 1.33. The molecule has 0 radical (unpaired) electrons. The molecule has 9 nitrogen and oxygen atoms in total. The molecule has 0 aliphatic carbocycles. The van der Waals surface area contributed by atoms with E-state index in [4.69, 9.17) is 0 Å². The van der Waals surface area contributed by atoms with E-state index in [1.165, 1.54) is 0 Å². The fraction of sp³-hybridized carbons (Fsp3) is 0.545. The molecule has 0 aromatic carbocycles. The number of nitrogens with zero attached hydrogens (tertiary/aromatic N) is 1. The van der Waals surface area contributed by atoms with Gasteiger partial charge in [-0.25, -0.2) is 4.79 Å². The average molecular weight is 285 g/mol. The highest BCUT2D eigenvalue weighted by atomic mass is 16.7. The molecule has 0 spiro atoms. The van der Waals surface area contributed by atoms with Crippen LogP contribution in [0.3, 0.4) is 0 Å². The number of imide groups is 1. The van der Waals surface area contributed by atoms with Crippen LogP contribution in [0, 0.1) is 0 Å². The third-order valence-corrected chi connectivity index (χ3v) is 2.40. The van der Waals surface area contributed by atoms with Crippen LogP contribution in [0.1, 0.15) is 26.2 Å². The Balaban J connectivity index is 2.26. The zero-order valence-corrected chi connectivity index (χ0v) is 10.9. The monoisotopic (exact) mass is 285 g/mol. The summed E-state index contributed by atoms with van der Waals surface area (Å²) in [7, 11) is 0.